The van der Waals surface area contributed by atoms with Crippen molar-refractivity contribution in [3.63, 3.8) is 0 Å². The lowest BCUT2D eigenvalue weighted by Crippen LogP contribution is -2.05. The average molecular weight is 350 g/mol. The Morgan fingerprint density at radius 2 is 1.88 bits per heavy atom. The van der Waals surface area contributed by atoms with Crippen molar-refractivity contribution < 1.29 is 8.91 Å². The Hall–Kier alpha value is -3.55. The summed E-state index contributed by atoms with van der Waals surface area (Å²) in [6.07, 6.45) is 0. The maximum Gasteiger partial charge on any atom is 0.282 e. The van der Waals surface area contributed by atoms with Gasteiger partial charge in [-0.25, -0.2) is 4.39 Å². The zero-order valence-electron chi connectivity index (χ0n) is 14.1. The van der Waals surface area contributed by atoms with Crippen LogP contribution in [0.1, 0.15) is 11.1 Å². The minimum atomic E-state index is -0.438. The van der Waals surface area contributed by atoms with Crippen LogP contribution in [-0.4, -0.2) is 25.1 Å². The summed E-state index contributed by atoms with van der Waals surface area (Å²) >= 11 is 0. The Labute approximate surface area is 148 Å². The van der Waals surface area contributed by atoms with Crippen LogP contribution < -0.4 is 5.73 Å². The second kappa shape index (κ2) is 6.07. The molecule has 4 rings (SSSR count). The van der Waals surface area contributed by atoms with E-state index in [2.05, 4.69) is 20.5 Å². The molecule has 2 heterocycles. The normalized spacial score (nSPS) is 11.0. The van der Waals surface area contributed by atoms with Crippen LogP contribution in [0.3, 0.4) is 0 Å². The number of aromatic nitrogens is 5. The summed E-state index contributed by atoms with van der Waals surface area (Å²) in [5, 5.41) is 12.0. The lowest BCUT2D eigenvalue weighted by atomic mass is 10.1. The third-order valence-electron chi connectivity index (χ3n) is 4.25. The van der Waals surface area contributed by atoms with E-state index < -0.39 is 5.82 Å². The number of aryl methyl sites for hydroxylation is 1. The molecule has 0 amide bonds. The molecule has 0 bridgehead atoms. The molecule has 0 aliphatic carbocycles. The largest absolute Gasteiger partial charge is 0.382 e. The zero-order valence-corrected chi connectivity index (χ0v) is 14.1. The standard InChI is InChI=1S/C18H15FN6O/c1-10-6-5-9-14(11(10)2)25-16(20)15(22-24-25)18-21-17(23-26-18)12-7-3-4-8-13(12)19/h3-9H,20H2,1-2H3. The Morgan fingerprint density at radius 1 is 1.08 bits per heavy atom. The number of benzene rings is 2. The van der Waals surface area contributed by atoms with Gasteiger partial charge in [0, 0.05) is 0 Å². The Bertz CT molecular complexity index is 1100. The topological polar surface area (TPSA) is 95.6 Å². The first-order valence-corrected chi connectivity index (χ1v) is 7.93. The highest BCUT2D eigenvalue weighted by Gasteiger charge is 2.21. The van der Waals surface area contributed by atoms with Crippen LogP contribution in [0.5, 0.6) is 0 Å². The van der Waals surface area contributed by atoms with Gasteiger partial charge in [0.05, 0.1) is 11.3 Å². The van der Waals surface area contributed by atoms with Gasteiger partial charge in [-0.2, -0.15) is 9.67 Å². The summed E-state index contributed by atoms with van der Waals surface area (Å²) in [6, 6.07) is 12.0. The number of hydrogen-bond acceptors (Lipinski definition) is 6. The van der Waals surface area contributed by atoms with Crippen LogP contribution in [0.4, 0.5) is 10.2 Å². The molecule has 0 saturated heterocycles. The molecule has 0 saturated carbocycles. The van der Waals surface area contributed by atoms with E-state index in [1.165, 1.54) is 10.7 Å². The fourth-order valence-electron chi connectivity index (χ4n) is 2.66. The molecule has 2 aromatic heterocycles. The van der Waals surface area contributed by atoms with Crippen molar-refractivity contribution in [1.29, 1.82) is 0 Å². The van der Waals surface area contributed by atoms with Crippen molar-refractivity contribution in [2.75, 3.05) is 5.73 Å². The van der Waals surface area contributed by atoms with E-state index in [0.29, 0.717) is 0 Å². The number of rotatable bonds is 3. The van der Waals surface area contributed by atoms with Crippen LogP contribution in [0.2, 0.25) is 0 Å². The lowest BCUT2D eigenvalue weighted by molar-refractivity contribution is 0.430. The average Bonchev–Trinajstić information content (AvgIpc) is 3.25. The van der Waals surface area contributed by atoms with Crippen molar-refractivity contribution in [3.05, 3.63) is 59.4 Å². The van der Waals surface area contributed by atoms with Gasteiger partial charge in [-0.15, -0.1) is 5.10 Å². The second-order valence-corrected chi connectivity index (χ2v) is 5.86. The molecular weight excluding hydrogens is 335 g/mol. The molecule has 130 valence electrons. The van der Waals surface area contributed by atoms with E-state index in [0.717, 1.165) is 16.8 Å². The molecule has 8 heteroatoms. The molecule has 2 N–H and O–H groups in total. The molecule has 2 aromatic carbocycles. The van der Waals surface area contributed by atoms with Crippen molar-refractivity contribution in [2.45, 2.75) is 13.8 Å². The quantitative estimate of drug-likeness (QED) is 0.609. The van der Waals surface area contributed by atoms with E-state index >= 15 is 0 Å². The van der Waals surface area contributed by atoms with Gasteiger partial charge in [0.1, 0.15) is 5.82 Å². The Kier molecular flexibility index (Phi) is 3.72. The number of anilines is 1. The van der Waals surface area contributed by atoms with Crippen molar-refractivity contribution in [3.8, 4) is 28.7 Å². The minimum Gasteiger partial charge on any atom is -0.382 e. The fourth-order valence-corrected chi connectivity index (χ4v) is 2.66. The molecule has 0 radical (unpaired) electrons. The number of nitrogen functional groups attached to an aromatic ring is 1. The first-order valence-electron chi connectivity index (χ1n) is 7.93. The molecule has 0 aliphatic rings. The molecular formula is C18H15FN6O. The van der Waals surface area contributed by atoms with Gasteiger partial charge >= 0.3 is 0 Å². The zero-order chi connectivity index (χ0) is 18.3. The van der Waals surface area contributed by atoms with Crippen molar-refractivity contribution in [1.82, 2.24) is 25.1 Å². The smallest absolute Gasteiger partial charge is 0.282 e. The van der Waals surface area contributed by atoms with E-state index in [1.807, 2.05) is 32.0 Å². The molecule has 0 aliphatic heterocycles. The maximum atomic E-state index is 13.9. The molecule has 7 nitrogen and oxygen atoms in total. The summed E-state index contributed by atoms with van der Waals surface area (Å²) in [6.45, 7) is 3.99. The molecule has 0 fully saturated rings. The van der Waals surface area contributed by atoms with Crippen LogP contribution >= 0.6 is 0 Å². The molecule has 0 spiro atoms. The van der Waals surface area contributed by atoms with Crippen LogP contribution in [-0.2, 0) is 0 Å². The van der Waals surface area contributed by atoms with E-state index in [1.54, 1.807) is 18.2 Å². The van der Waals surface area contributed by atoms with E-state index in [9.17, 15) is 4.39 Å². The third-order valence-corrected chi connectivity index (χ3v) is 4.25. The number of hydrogen-bond donors (Lipinski definition) is 1. The third kappa shape index (κ3) is 2.52. The molecule has 0 atom stereocenters. The predicted octanol–water partition coefficient (Wildman–Crippen LogP) is 3.32. The Balaban J connectivity index is 1.76. The molecule has 4 aromatic rings. The summed E-state index contributed by atoms with van der Waals surface area (Å²) in [5.41, 5.74) is 9.65. The monoisotopic (exact) mass is 350 g/mol. The van der Waals surface area contributed by atoms with Gasteiger partial charge in [-0.1, -0.05) is 34.6 Å². The van der Waals surface area contributed by atoms with Gasteiger partial charge in [-0.3, -0.25) is 0 Å². The van der Waals surface area contributed by atoms with Gasteiger partial charge in [0.15, 0.2) is 11.5 Å². The number of nitrogens with zero attached hydrogens (tertiary/aromatic N) is 5. The van der Waals surface area contributed by atoms with Gasteiger partial charge < -0.3 is 10.3 Å². The Morgan fingerprint density at radius 3 is 2.69 bits per heavy atom. The molecule has 0 unspecified atom stereocenters. The molecule has 26 heavy (non-hydrogen) atoms. The van der Waals surface area contributed by atoms with Gasteiger partial charge in [0.2, 0.25) is 5.82 Å². The second-order valence-electron chi connectivity index (χ2n) is 5.86. The van der Waals surface area contributed by atoms with Gasteiger partial charge in [0.25, 0.3) is 5.89 Å². The highest BCUT2D eigenvalue weighted by atomic mass is 19.1. The highest BCUT2D eigenvalue weighted by Crippen LogP contribution is 2.28. The van der Waals surface area contributed by atoms with E-state index in [4.69, 9.17) is 10.3 Å². The van der Waals surface area contributed by atoms with Crippen LogP contribution in [0.15, 0.2) is 47.0 Å². The van der Waals surface area contributed by atoms with E-state index in [-0.39, 0.29) is 28.8 Å². The summed E-state index contributed by atoms with van der Waals surface area (Å²) < 4.78 is 20.6. The summed E-state index contributed by atoms with van der Waals surface area (Å²) in [7, 11) is 0. The summed E-state index contributed by atoms with van der Waals surface area (Å²) in [5.74, 6) is 0.0328. The number of halogens is 1. The minimum absolute atomic E-state index is 0.0808. The SMILES string of the molecule is Cc1cccc(-n2nnc(-c3nc(-c4ccccc4F)no3)c2N)c1C. The maximum absolute atomic E-state index is 13.9. The van der Waals surface area contributed by atoms with Gasteiger partial charge in [-0.05, 0) is 43.2 Å². The first kappa shape index (κ1) is 15.9. The highest BCUT2D eigenvalue weighted by molar-refractivity contribution is 5.67. The van der Waals surface area contributed by atoms with Crippen LogP contribution in [0.25, 0.3) is 28.7 Å². The van der Waals surface area contributed by atoms with Crippen molar-refractivity contribution >= 4 is 5.82 Å². The lowest BCUT2D eigenvalue weighted by Gasteiger charge is -2.08. The van der Waals surface area contributed by atoms with Crippen molar-refractivity contribution in [2.24, 2.45) is 0 Å². The first-order chi connectivity index (χ1) is 12.6. The van der Waals surface area contributed by atoms with Crippen LogP contribution in [0, 0.1) is 19.7 Å². The fraction of sp³-hybridized carbons (Fsp3) is 0.111. The summed E-state index contributed by atoms with van der Waals surface area (Å²) in [4.78, 5) is 4.21. The number of nitrogens with two attached hydrogens (primary N) is 1. The predicted molar refractivity (Wildman–Crippen MR) is 93.9 cm³/mol.